The number of carbonyl (C=O) groups excluding carboxylic acids is 4. The maximum atomic E-state index is 13.8. The van der Waals surface area contributed by atoms with Crippen molar-refractivity contribution in [3.63, 3.8) is 0 Å². The highest BCUT2D eigenvalue weighted by molar-refractivity contribution is 7.16. The van der Waals surface area contributed by atoms with E-state index in [9.17, 15) is 89.4 Å². The molecular formula is C96H96F16N16O4S4. The first-order valence-electron chi connectivity index (χ1n) is 44.1. The molecule has 6 atom stereocenters. The van der Waals surface area contributed by atoms with Crippen LogP contribution in [-0.4, -0.2) is 153 Å². The highest BCUT2D eigenvalue weighted by Gasteiger charge is 2.44. The van der Waals surface area contributed by atoms with Gasteiger partial charge in [-0.15, -0.1) is 45.3 Å². The van der Waals surface area contributed by atoms with Crippen molar-refractivity contribution in [2.75, 3.05) is 26.2 Å². The molecule has 12 aromatic rings. The molecule has 16 rings (SSSR count). The van der Waals surface area contributed by atoms with E-state index in [-0.39, 0.29) is 88.3 Å². The van der Waals surface area contributed by atoms with Crippen LogP contribution in [0.1, 0.15) is 219 Å². The molecule has 0 N–H and O–H groups in total. The molecule has 0 aliphatic carbocycles. The number of carbonyl (C=O) groups is 4. The minimum absolute atomic E-state index is 0.0831. The zero-order valence-corrected chi connectivity index (χ0v) is 78.4. The van der Waals surface area contributed by atoms with E-state index in [1.165, 1.54) is 93.9 Å². The first-order valence-corrected chi connectivity index (χ1v) is 47.4. The molecule has 0 bridgehead atoms. The number of benzene rings is 4. The van der Waals surface area contributed by atoms with E-state index in [1.807, 2.05) is 42.4 Å². The van der Waals surface area contributed by atoms with Gasteiger partial charge in [0.1, 0.15) is 69.3 Å². The van der Waals surface area contributed by atoms with Crippen molar-refractivity contribution < 1.29 is 89.4 Å². The maximum Gasteiger partial charge on any atom is 0.419 e. The number of aryl methyl sites for hydroxylation is 8. The number of likely N-dealkylation sites (tertiary alicyclic amines) is 4. The molecule has 20 nitrogen and oxygen atoms in total. The minimum atomic E-state index is -4.49. The molecule has 4 amide bonds. The zero-order valence-electron chi connectivity index (χ0n) is 75.1. The van der Waals surface area contributed by atoms with Gasteiger partial charge in [0.15, 0.2) is 0 Å². The molecule has 136 heavy (non-hydrogen) atoms. The van der Waals surface area contributed by atoms with Gasteiger partial charge in [0.25, 0.3) is 23.6 Å². The summed E-state index contributed by atoms with van der Waals surface area (Å²) < 4.78 is 207. The third-order valence-corrected chi connectivity index (χ3v) is 28.5. The van der Waals surface area contributed by atoms with Crippen LogP contribution in [0.5, 0.6) is 0 Å². The predicted octanol–water partition coefficient (Wildman–Crippen LogP) is 23.9. The van der Waals surface area contributed by atoms with Crippen LogP contribution in [0.4, 0.5) is 70.2 Å². The van der Waals surface area contributed by atoms with Gasteiger partial charge in [-0.1, -0.05) is 76.2 Å². The van der Waals surface area contributed by atoms with Crippen LogP contribution in [0.3, 0.4) is 0 Å². The van der Waals surface area contributed by atoms with Crippen molar-refractivity contribution in [3.05, 3.63) is 258 Å². The van der Waals surface area contributed by atoms with Crippen LogP contribution in [-0.2, 0) is 50.4 Å². The summed E-state index contributed by atoms with van der Waals surface area (Å²) in [4.78, 5) is 114. The van der Waals surface area contributed by atoms with E-state index < -0.39 is 47.0 Å². The van der Waals surface area contributed by atoms with Crippen molar-refractivity contribution in [1.82, 2.24) is 79.4 Å². The summed E-state index contributed by atoms with van der Waals surface area (Å²) in [6.45, 7) is 17.9. The third kappa shape index (κ3) is 25.8. The predicted molar refractivity (Wildman–Crippen MR) is 483 cm³/mol. The summed E-state index contributed by atoms with van der Waals surface area (Å²) in [6, 6.07) is 23.4. The second-order valence-electron chi connectivity index (χ2n) is 34.5. The second-order valence-corrected chi connectivity index (χ2v) is 39.3. The van der Waals surface area contributed by atoms with Crippen molar-refractivity contribution in [3.8, 4) is 41.8 Å². The number of nitrogens with zero attached hydrogens (tertiary/aromatic N) is 16. The van der Waals surface area contributed by atoms with Crippen molar-refractivity contribution in [2.24, 2.45) is 17.3 Å². The largest absolute Gasteiger partial charge is 0.419 e. The number of rotatable bonds is 20. The summed E-state index contributed by atoms with van der Waals surface area (Å²) >= 11 is 5.55. The van der Waals surface area contributed by atoms with Crippen LogP contribution in [0.15, 0.2) is 147 Å². The third-order valence-electron chi connectivity index (χ3n) is 24.4. The maximum absolute atomic E-state index is 13.8. The monoisotopic (exact) mass is 1970 g/mol. The number of hydrogen-bond donors (Lipinski definition) is 0. The van der Waals surface area contributed by atoms with E-state index >= 15 is 0 Å². The van der Waals surface area contributed by atoms with Gasteiger partial charge < -0.3 is 19.6 Å². The van der Waals surface area contributed by atoms with Crippen LogP contribution in [0, 0.1) is 68.2 Å². The van der Waals surface area contributed by atoms with Gasteiger partial charge in [0.2, 0.25) is 0 Å². The van der Waals surface area contributed by atoms with Crippen LogP contribution >= 0.6 is 45.3 Å². The Morgan fingerprint density at radius 1 is 0.338 bits per heavy atom. The molecule has 8 aromatic heterocycles. The standard InChI is InChI=1S/C25H26F4N4OS.2C24H24F4N4OS.C23H22F4N4OS/c1-15-32-21(22(35-15)16-5-7-18(26)8-6-16)23(34)33-12-4-11-24(2,3)19(33)9-10-20-30-13-17(14-31-20)25(27,28)29;2*1-14-4-3-11-32(19(14)9-10-20-29-12-17(13-30-20)24(26,27)28)23(33)21-22(34-15(2)31-21)16-5-7-18(25)8-6-16;1-14-30-20(21(33-14)15-5-7-17(24)8-6-15)22(32)31-11-3-2-4-18(31)9-10-19-28-12-16(13-29-19)23(25,26)27/h5-8,13-14,19H,4,9-12H2,1-3H3;2*5-8,12-14,19H,3-4,9-11H2,1-2H3;5-8,12-13,18H,2-4,9-11H2,1H3/t;14-,19+;14-,19-;/m.01./s1. The summed E-state index contributed by atoms with van der Waals surface area (Å²) in [5.74, 6) is -0.492. The molecule has 4 aliphatic rings. The number of hydrogen-bond acceptors (Lipinski definition) is 20. The second kappa shape index (κ2) is 43.9. The molecule has 0 radical (unpaired) electrons. The molecule has 0 spiro atoms. The van der Waals surface area contributed by atoms with Gasteiger partial charge in [-0.25, -0.2) is 77.4 Å². The molecule has 4 fully saturated rings. The number of thiazole rings is 4. The number of amides is 4. The Kier molecular flexibility index (Phi) is 32.9. The summed E-state index contributed by atoms with van der Waals surface area (Å²) in [7, 11) is 0. The molecule has 40 heteroatoms. The smallest absolute Gasteiger partial charge is 0.334 e. The van der Waals surface area contributed by atoms with E-state index in [4.69, 9.17) is 0 Å². The molecule has 4 aliphatic heterocycles. The lowest BCUT2D eigenvalue weighted by molar-refractivity contribution is -0.139. The number of halogens is 16. The van der Waals surface area contributed by atoms with E-state index in [2.05, 4.69) is 87.5 Å². The summed E-state index contributed by atoms with van der Waals surface area (Å²) in [6.07, 6.45) is -0.0250. The zero-order chi connectivity index (χ0) is 97.9. The molecule has 12 heterocycles. The number of alkyl halides is 12. The SMILES string of the molecule is Cc1nc(C(=O)N2CCCC(C)(C)C2CCc2ncc(C(F)(F)F)cn2)c(-c2ccc(F)cc2)s1.Cc1nc(C(=O)N2CCCCC2CCc2ncc(C(F)(F)F)cn2)c(-c2ccc(F)cc2)s1.Cc1nc(C(=O)N2CCC[C@@H](C)[C@H]2CCc2ncc(C(F)(F)F)cn2)c(-c2ccc(F)cc2)s1.Cc1nc(C(=O)N2CCC[C@H](C)[C@H]2CCc2ncc(C(F)(F)F)cn2)c(-c2ccc(F)cc2)s1. The average molecular weight is 1970 g/mol. The van der Waals surface area contributed by atoms with E-state index in [1.54, 1.807) is 53.4 Å². The Morgan fingerprint density at radius 3 is 0.890 bits per heavy atom. The van der Waals surface area contributed by atoms with Crippen LogP contribution in [0.2, 0.25) is 0 Å². The minimum Gasteiger partial charge on any atom is -0.334 e. The molecule has 2 unspecified atom stereocenters. The first-order chi connectivity index (χ1) is 64.4. The molecule has 4 saturated heterocycles. The van der Waals surface area contributed by atoms with Crippen molar-refractivity contribution >= 4 is 69.0 Å². The summed E-state index contributed by atoms with van der Waals surface area (Å²) in [5.41, 5.74) is 0.566. The normalized spacial score (nSPS) is 18.1. The van der Waals surface area contributed by atoms with Gasteiger partial charge in [-0.2, -0.15) is 52.7 Å². The topological polar surface area (TPSA) is 236 Å². The van der Waals surface area contributed by atoms with Gasteiger partial charge in [0.05, 0.1) is 61.8 Å². The van der Waals surface area contributed by atoms with Crippen LogP contribution in [0.25, 0.3) is 41.8 Å². The average Bonchev–Trinajstić information content (AvgIpc) is 1.71. The fourth-order valence-electron chi connectivity index (χ4n) is 17.3. The Morgan fingerprint density at radius 2 is 0.596 bits per heavy atom. The lowest BCUT2D eigenvalue weighted by Gasteiger charge is -2.46. The van der Waals surface area contributed by atoms with Crippen molar-refractivity contribution in [2.45, 2.75) is 213 Å². The van der Waals surface area contributed by atoms with E-state index in [0.29, 0.717) is 143 Å². The highest BCUT2D eigenvalue weighted by atomic mass is 32.1. The van der Waals surface area contributed by atoms with Crippen molar-refractivity contribution in [1.29, 1.82) is 0 Å². The Labute approximate surface area is 790 Å². The van der Waals surface area contributed by atoms with Gasteiger partial charge in [-0.3, -0.25) is 19.2 Å². The fraction of sp³-hybridized carbons (Fsp3) is 0.417. The lowest BCUT2D eigenvalue weighted by atomic mass is 9.74. The number of piperidine rings is 4. The fourth-order valence-corrected chi connectivity index (χ4v) is 21.0. The first kappa shape index (κ1) is 102. The Hall–Kier alpha value is -11.5. The van der Waals surface area contributed by atoms with Crippen LogP contribution < -0.4 is 0 Å². The molecule has 4 aromatic carbocycles. The summed E-state index contributed by atoms with van der Waals surface area (Å²) in [5, 5.41) is 2.95. The number of aromatic nitrogens is 12. The Bertz CT molecular complexity index is 5880. The molecular weight excluding hydrogens is 1870 g/mol. The lowest BCUT2D eigenvalue weighted by Crippen LogP contribution is -2.52. The van der Waals surface area contributed by atoms with Gasteiger partial charge in [-0.05, 0) is 199 Å². The molecule has 720 valence electrons. The molecule has 0 saturated carbocycles. The highest BCUT2D eigenvalue weighted by Crippen LogP contribution is 2.44. The van der Waals surface area contributed by atoms with Gasteiger partial charge in [0, 0.05) is 126 Å². The van der Waals surface area contributed by atoms with Gasteiger partial charge >= 0.3 is 24.7 Å². The van der Waals surface area contributed by atoms with E-state index in [0.717, 1.165) is 150 Å². The quantitative estimate of drug-likeness (QED) is 0.0645. The Balaban J connectivity index is 0.000000153.